The number of hydrogen-bond acceptors (Lipinski definition) is 2. The fourth-order valence-corrected chi connectivity index (χ4v) is 3.37. The predicted molar refractivity (Wildman–Crippen MR) is 60.5 cm³/mol. The van der Waals surface area contributed by atoms with E-state index < -0.39 is 0 Å². The molecule has 1 aromatic carbocycles. The lowest BCUT2D eigenvalue weighted by Crippen LogP contribution is -2.45. The zero-order chi connectivity index (χ0) is 10.6. The van der Waals surface area contributed by atoms with Gasteiger partial charge in [0, 0.05) is 5.56 Å². The van der Waals surface area contributed by atoms with Crippen molar-refractivity contribution in [2.24, 2.45) is 0 Å². The van der Waals surface area contributed by atoms with E-state index in [4.69, 9.17) is 9.47 Å². The Morgan fingerprint density at radius 2 is 1.88 bits per heavy atom. The van der Waals surface area contributed by atoms with Crippen molar-refractivity contribution in [1.29, 1.82) is 0 Å². The Bertz CT molecular complexity index is 420. The van der Waals surface area contributed by atoms with Gasteiger partial charge in [0.2, 0.25) is 0 Å². The number of para-hydroxylation sites is 1. The van der Waals surface area contributed by atoms with E-state index in [1.807, 2.05) is 0 Å². The van der Waals surface area contributed by atoms with Crippen molar-refractivity contribution in [1.82, 2.24) is 0 Å². The molecule has 0 unspecified atom stereocenters. The van der Waals surface area contributed by atoms with Crippen LogP contribution in [-0.2, 0) is 4.74 Å². The average Bonchev–Trinajstić information content (AvgIpc) is 3.12. The lowest BCUT2D eigenvalue weighted by molar-refractivity contribution is 0.00138. The second kappa shape index (κ2) is 3.01. The third-order valence-corrected chi connectivity index (χ3v) is 4.25. The number of epoxide rings is 1. The minimum atomic E-state index is 0.0112. The molecule has 2 atom stereocenters. The Morgan fingerprint density at radius 1 is 1.06 bits per heavy atom. The van der Waals surface area contributed by atoms with Gasteiger partial charge in [0.25, 0.3) is 0 Å². The monoisotopic (exact) mass is 216 g/mol. The standard InChI is InChI=1S/C14H16O2/c1-4-8-14(9-5-1)13-12(15-13)10-6-2-3-7-11(10)16-14/h2-3,6-7,12-13H,1,4-5,8-9H2/t12-,13-/m1/s1. The van der Waals surface area contributed by atoms with Crippen LogP contribution in [0.4, 0.5) is 0 Å². The van der Waals surface area contributed by atoms with Crippen molar-refractivity contribution in [3.8, 4) is 5.75 Å². The molecule has 0 aromatic heterocycles. The van der Waals surface area contributed by atoms with Crippen LogP contribution in [0, 0.1) is 0 Å². The van der Waals surface area contributed by atoms with Gasteiger partial charge in [0.1, 0.15) is 23.6 Å². The second-order valence-electron chi connectivity index (χ2n) is 5.24. The third kappa shape index (κ3) is 1.11. The van der Waals surface area contributed by atoms with Crippen LogP contribution in [0.1, 0.15) is 43.8 Å². The maximum atomic E-state index is 6.29. The fourth-order valence-electron chi connectivity index (χ4n) is 3.37. The van der Waals surface area contributed by atoms with Crippen LogP contribution in [0.25, 0.3) is 0 Å². The van der Waals surface area contributed by atoms with Crippen LogP contribution < -0.4 is 4.74 Å². The molecule has 2 heterocycles. The molecule has 84 valence electrons. The highest BCUT2D eigenvalue weighted by molar-refractivity contribution is 5.42. The van der Waals surface area contributed by atoms with Crippen LogP contribution in [0.5, 0.6) is 5.75 Å². The summed E-state index contributed by atoms with van der Waals surface area (Å²) in [7, 11) is 0. The van der Waals surface area contributed by atoms with Gasteiger partial charge in [-0.25, -0.2) is 0 Å². The van der Waals surface area contributed by atoms with E-state index in [2.05, 4.69) is 24.3 Å². The van der Waals surface area contributed by atoms with Crippen molar-refractivity contribution in [3.05, 3.63) is 29.8 Å². The predicted octanol–water partition coefficient (Wildman–Crippen LogP) is 3.22. The van der Waals surface area contributed by atoms with Gasteiger partial charge in [-0.2, -0.15) is 0 Å². The molecule has 0 amide bonds. The number of hydrogen-bond donors (Lipinski definition) is 0. The third-order valence-electron chi connectivity index (χ3n) is 4.25. The van der Waals surface area contributed by atoms with E-state index in [0.29, 0.717) is 12.2 Å². The van der Waals surface area contributed by atoms with E-state index in [1.165, 1.54) is 37.7 Å². The maximum Gasteiger partial charge on any atom is 0.138 e. The average molecular weight is 216 g/mol. The van der Waals surface area contributed by atoms with Crippen LogP contribution in [0.15, 0.2) is 24.3 Å². The Morgan fingerprint density at radius 3 is 2.75 bits per heavy atom. The fraction of sp³-hybridized carbons (Fsp3) is 0.571. The largest absolute Gasteiger partial charge is 0.484 e. The molecule has 2 aliphatic heterocycles. The van der Waals surface area contributed by atoms with Crippen molar-refractivity contribution in [2.45, 2.75) is 49.9 Å². The SMILES string of the molecule is c1ccc2c(c1)OC1(CCCCC1)[C@@H]1O[C@H]21. The van der Waals surface area contributed by atoms with Crippen molar-refractivity contribution in [2.75, 3.05) is 0 Å². The highest BCUT2D eigenvalue weighted by Crippen LogP contribution is 2.57. The minimum Gasteiger partial charge on any atom is -0.484 e. The molecule has 2 heteroatoms. The molecule has 1 spiro atoms. The van der Waals surface area contributed by atoms with Crippen molar-refractivity contribution >= 4 is 0 Å². The molecular formula is C14H16O2. The molecule has 1 aliphatic carbocycles. The first-order valence-electron chi connectivity index (χ1n) is 6.32. The first-order chi connectivity index (χ1) is 7.89. The molecule has 4 rings (SSSR count). The molecule has 2 nitrogen and oxygen atoms in total. The topological polar surface area (TPSA) is 21.8 Å². The maximum absolute atomic E-state index is 6.29. The summed E-state index contributed by atoms with van der Waals surface area (Å²) in [5.41, 5.74) is 1.26. The molecular weight excluding hydrogens is 200 g/mol. The molecule has 0 bridgehead atoms. The second-order valence-corrected chi connectivity index (χ2v) is 5.24. The van der Waals surface area contributed by atoms with Gasteiger partial charge in [-0.1, -0.05) is 24.6 Å². The zero-order valence-corrected chi connectivity index (χ0v) is 9.32. The summed E-state index contributed by atoms with van der Waals surface area (Å²) in [5, 5.41) is 0. The zero-order valence-electron chi connectivity index (χ0n) is 9.32. The van der Waals surface area contributed by atoms with Crippen LogP contribution in [0.3, 0.4) is 0 Å². The summed E-state index contributed by atoms with van der Waals surface area (Å²) in [6.45, 7) is 0. The first-order valence-corrected chi connectivity index (χ1v) is 6.32. The molecule has 3 aliphatic rings. The number of rotatable bonds is 0. The van der Waals surface area contributed by atoms with E-state index >= 15 is 0 Å². The molecule has 16 heavy (non-hydrogen) atoms. The summed E-state index contributed by atoms with van der Waals surface area (Å²) < 4.78 is 12.2. The van der Waals surface area contributed by atoms with Crippen LogP contribution in [0.2, 0.25) is 0 Å². The Labute approximate surface area is 95.6 Å². The molecule has 1 aromatic rings. The number of fused-ring (bicyclic) bond motifs is 4. The van der Waals surface area contributed by atoms with Crippen molar-refractivity contribution in [3.63, 3.8) is 0 Å². The summed E-state index contributed by atoms with van der Waals surface area (Å²) in [6, 6.07) is 8.34. The van der Waals surface area contributed by atoms with Gasteiger partial charge < -0.3 is 9.47 Å². The van der Waals surface area contributed by atoms with Gasteiger partial charge >= 0.3 is 0 Å². The van der Waals surface area contributed by atoms with Gasteiger partial charge in [0.05, 0.1) is 0 Å². The summed E-state index contributed by atoms with van der Waals surface area (Å²) >= 11 is 0. The van der Waals surface area contributed by atoms with E-state index in [0.717, 1.165) is 5.75 Å². The number of benzene rings is 1. The van der Waals surface area contributed by atoms with E-state index in [1.54, 1.807) is 0 Å². The van der Waals surface area contributed by atoms with Gasteiger partial charge in [0.15, 0.2) is 0 Å². The highest BCUT2D eigenvalue weighted by atomic mass is 16.6. The minimum absolute atomic E-state index is 0.0112. The van der Waals surface area contributed by atoms with Gasteiger partial charge in [-0.3, -0.25) is 0 Å². The Balaban J connectivity index is 1.75. The van der Waals surface area contributed by atoms with Gasteiger partial charge in [-0.15, -0.1) is 0 Å². The van der Waals surface area contributed by atoms with Crippen LogP contribution in [-0.4, -0.2) is 11.7 Å². The molecule has 0 N–H and O–H groups in total. The smallest absolute Gasteiger partial charge is 0.138 e. The lowest BCUT2D eigenvalue weighted by Gasteiger charge is -2.39. The summed E-state index contributed by atoms with van der Waals surface area (Å²) in [4.78, 5) is 0. The van der Waals surface area contributed by atoms with E-state index in [9.17, 15) is 0 Å². The summed E-state index contributed by atoms with van der Waals surface area (Å²) in [5.74, 6) is 1.06. The molecule has 0 radical (unpaired) electrons. The molecule has 1 saturated carbocycles. The van der Waals surface area contributed by atoms with Crippen LogP contribution >= 0.6 is 0 Å². The Kier molecular flexibility index (Phi) is 1.70. The quantitative estimate of drug-likeness (QED) is 0.621. The van der Waals surface area contributed by atoms with E-state index in [-0.39, 0.29) is 5.60 Å². The molecule has 1 saturated heterocycles. The highest BCUT2D eigenvalue weighted by Gasteiger charge is 2.60. The summed E-state index contributed by atoms with van der Waals surface area (Å²) in [6.07, 6.45) is 6.92. The van der Waals surface area contributed by atoms with Gasteiger partial charge in [-0.05, 0) is 31.7 Å². The number of ether oxygens (including phenoxy) is 2. The molecule has 2 fully saturated rings. The first kappa shape index (κ1) is 9.06. The Hall–Kier alpha value is -1.02. The lowest BCUT2D eigenvalue weighted by atomic mass is 9.79. The van der Waals surface area contributed by atoms with Crippen molar-refractivity contribution < 1.29 is 9.47 Å². The normalized spacial score (nSPS) is 33.8.